The second kappa shape index (κ2) is 8.08. The van der Waals surface area contributed by atoms with Gasteiger partial charge in [-0.05, 0) is 37.0 Å². The fourth-order valence-electron chi connectivity index (χ4n) is 2.24. The van der Waals surface area contributed by atoms with Gasteiger partial charge in [-0.25, -0.2) is 0 Å². The third kappa shape index (κ3) is 4.52. The van der Waals surface area contributed by atoms with E-state index in [1.165, 1.54) is 0 Å². The van der Waals surface area contributed by atoms with Gasteiger partial charge in [0.25, 0.3) is 0 Å². The van der Waals surface area contributed by atoms with Crippen LogP contribution in [0, 0.1) is 0 Å². The average Bonchev–Trinajstić information content (AvgIpc) is 2.91. The van der Waals surface area contributed by atoms with E-state index in [0.29, 0.717) is 28.5 Å². The molecule has 2 rings (SSSR count). The van der Waals surface area contributed by atoms with Crippen LogP contribution in [0.4, 0.5) is 0 Å². The predicted molar refractivity (Wildman–Crippen MR) is 82.9 cm³/mol. The number of ether oxygens (including phenoxy) is 2. The molecule has 1 saturated heterocycles. The van der Waals surface area contributed by atoms with Gasteiger partial charge >= 0.3 is 0 Å². The lowest BCUT2D eigenvalue weighted by atomic mass is 10.2. The molecule has 0 aromatic heterocycles. The van der Waals surface area contributed by atoms with Gasteiger partial charge in [0.1, 0.15) is 0 Å². The van der Waals surface area contributed by atoms with Crippen molar-refractivity contribution in [2.45, 2.75) is 38.8 Å². The third-order valence-electron chi connectivity index (χ3n) is 3.23. The molecule has 1 aliphatic rings. The molecule has 0 radical (unpaired) electrons. The van der Waals surface area contributed by atoms with Gasteiger partial charge in [0, 0.05) is 19.7 Å². The number of hydrogen-bond donors (Lipinski definition) is 1. The first-order valence-corrected chi connectivity index (χ1v) is 7.89. The van der Waals surface area contributed by atoms with Gasteiger partial charge in [-0.15, -0.1) is 0 Å². The summed E-state index contributed by atoms with van der Waals surface area (Å²) in [6.45, 7) is 5.14. The zero-order valence-corrected chi connectivity index (χ0v) is 13.3. The Labute approximate surface area is 130 Å². The lowest BCUT2D eigenvalue weighted by molar-refractivity contribution is 0.110. The highest BCUT2D eigenvalue weighted by Gasteiger charge is 2.15. The summed E-state index contributed by atoms with van der Waals surface area (Å²) in [7, 11) is 0. The Hall–Kier alpha value is -0.480. The van der Waals surface area contributed by atoms with E-state index in [9.17, 15) is 0 Å². The molecule has 20 heavy (non-hydrogen) atoms. The zero-order valence-electron chi connectivity index (χ0n) is 11.8. The summed E-state index contributed by atoms with van der Waals surface area (Å²) in [6.07, 6.45) is 3.57. The largest absolute Gasteiger partial charge is 0.490 e. The van der Waals surface area contributed by atoms with E-state index in [2.05, 4.69) is 5.32 Å². The topological polar surface area (TPSA) is 30.5 Å². The standard InChI is InChI=1S/C15H21Cl2NO2/c1-2-5-20-15-13(16)7-11(8-14(15)17)9-18-10-12-4-3-6-19-12/h7-8,12,18H,2-6,9-10H2,1H3/t12-/m0/s1. The molecule has 0 spiro atoms. The van der Waals surface area contributed by atoms with Crippen LogP contribution in [0.15, 0.2) is 12.1 Å². The maximum absolute atomic E-state index is 6.21. The van der Waals surface area contributed by atoms with Crippen LogP contribution in [0.1, 0.15) is 31.7 Å². The van der Waals surface area contributed by atoms with Crippen molar-refractivity contribution in [3.05, 3.63) is 27.7 Å². The molecule has 5 heteroatoms. The van der Waals surface area contributed by atoms with Crippen LogP contribution in [0.2, 0.25) is 10.0 Å². The number of halogens is 2. The van der Waals surface area contributed by atoms with Crippen molar-refractivity contribution < 1.29 is 9.47 Å². The second-order valence-electron chi connectivity index (χ2n) is 5.00. The molecule has 0 aliphatic carbocycles. The monoisotopic (exact) mass is 317 g/mol. The van der Waals surface area contributed by atoms with Crippen molar-refractivity contribution >= 4 is 23.2 Å². The Morgan fingerprint density at radius 3 is 2.70 bits per heavy atom. The molecule has 3 nitrogen and oxygen atoms in total. The molecule has 1 fully saturated rings. The summed E-state index contributed by atoms with van der Waals surface area (Å²) in [4.78, 5) is 0. The Morgan fingerprint density at radius 2 is 2.10 bits per heavy atom. The van der Waals surface area contributed by atoms with Gasteiger partial charge in [-0.3, -0.25) is 0 Å². The Balaban J connectivity index is 1.88. The molecule has 0 amide bonds. The second-order valence-corrected chi connectivity index (χ2v) is 5.82. The summed E-state index contributed by atoms with van der Waals surface area (Å²) < 4.78 is 11.1. The van der Waals surface area contributed by atoms with Gasteiger partial charge in [0.05, 0.1) is 22.8 Å². The Kier molecular flexibility index (Phi) is 6.43. The number of hydrogen-bond acceptors (Lipinski definition) is 3. The molecule has 1 heterocycles. The summed E-state index contributed by atoms with van der Waals surface area (Å²) in [5.74, 6) is 0.582. The molecule has 1 aromatic rings. The van der Waals surface area contributed by atoms with Gasteiger partial charge < -0.3 is 14.8 Å². The van der Waals surface area contributed by atoms with E-state index < -0.39 is 0 Å². The van der Waals surface area contributed by atoms with Crippen molar-refractivity contribution in [2.24, 2.45) is 0 Å². The minimum absolute atomic E-state index is 0.341. The van der Waals surface area contributed by atoms with E-state index in [1.807, 2.05) is 19.1 Å². The highest BCUT2D eigenvalue weighted by atomic mass is 35.5. The van der Waals surface area contributed by atoms with Crippen molar-refractivity contribution in [1.29, 1.82) is 0 Å². The normalized spacial score (nSPS) is 18.4. The number of nitrogens with one attached hydrogen (secondary N) is 1. The van der Waals surface area contributed by atoms with Crippen LogP contribution in [-0.4, -0.2) is 25.9 Å². The van der Waals surface area contributed by atoms with E-state index >= 15 is 0 Å². The SMILES string of the molecule is CCCOc1c(Cl)cc(CNC[C@@H]2CCCO2)cc1Cl. The maximum Gasteiger partial charge on any atom is 0.156 e. The molecule has 1 atom stereocenters. The van der Waals surface area contributed by atoms with Crippen molar-refractivity contribution in [2.75, 3.05) is 19.8 Å². The molecule has 1 aromatic carbocycles. The van der Waals surface area contributed by atoms with Crippen LogP contribution in [0.3, 0.4) is 0 Å². The lowest BCUT2D eigenvalue weighted by Gasteiger charge is -2.13. The molecule has 0 unspecified atom stereocenters. The fraction of sp³-hybridized carbons (Fsp3) is 0.600. The molecule has 0 saturated carbocycles. The molecule has 0 bridgehead atoms. The minimum Gasteiger partial charge on any atom is -0.490 e. The van der Waals surface area contributed by atoms with Crippen LogP contribution < -0.4 is 10.1 Å². The Morgan fingerprint density at radius 1 is 1.35 bits per heavy atom. The van der Waals surface area contributed by atoms with Crippen LogP contribution >= 0.6 is 23.2 Å². The van der Waals surface area contributed by atoms with Crippen molar-refractivity contribution in [3.8, 4) is 5.75 Å². The maximum atomic E-state index is 6.21. The minimum atomic E-state index is 0.341. The van der Waals surface area contributed by atoms with Crippen LogP contribution in [0.5, 0.6) is 5.75 Å². The lowest BCUT2D eigenvalue weighted by Crippen LogP contribution is -2.25. The van der Waals surface area contributed by atoms with E-state index in [1.54, 1.807) is 0 Å². The van der Waals surface area contributed by atoms with Gasteiger partial charge in [-0.2, -0.15) is 0 Å². The molecular weight excluding hydrogens is 297 g/mol. The van der Waals surface area contributed by atoms with Crippen molar-refractivity contribution in [1.82, 2.24) is 5.32 Å². The number of benzene rings is 1. The van der Waals surface area contributed by atoms with E-state index in [0.717, 1.165) is 44.5 Å². The molecule has 112 valence electrons. The van der Waals surface area contributed by atoms with Crippen LogP contribution in [-0.2, 0) is 11.3 Å². The number of rotatable bonds is 7. The third-order valence-corrected chi connectivity index (χ3v) is 3.80. The quantitative estimate of drug-likeness (QED) is 0.823. The van der Waals surface area contributed by atoms with Gasteiger partial charge in [0.15, 0.2) is 5.75 Å². The predicted octanol–water partition coefficient (Wildman–Crippen LogP) is 4.05. The van der Waals surface area contributed by atoms with E-state index in [-0.39, 0.29) is 0 Å². The summed E-state index contributed by atoms with van der Waals surface area (Å²) in [5.41, 5.74) is 1.06. The summed E-state index contributed by atoms with van der Waals surface area (Å²) in [6, 6.07) is 3.81. The summed E-state index contributed by atoms with van der Waals surface area (Å²) in [5, 5.41) is 4.52. The summed E-state index contributed by atoms with van der Waals surface area (Å²) >= 11 is 12.4. The Bertz CT molecular complexity index is 411. The van der Waals surface area contributed by atoms with Crippen LogP contribution in [0.25, 0.3) is 0 Å². The smallest absolute Gasteiger partial charge is 0.156 e. The van der Waals surface area contributed by atoms with Gasteiger partial charge in [0.2, 0.25) is 0 Å². The zero-order chi connectivity index (χ0) is 14.4. The van der Waals surface area contributed by atoms with E-state index in [4.69, 9.17) is 32.7 Å². The highest BCUT2D eigenvalue weighted by Crippen LogP contribution is 2.34. The first-order valence-electron chi connectivity index (χ1n) is 7.13. The fourth-order valence-corrected chi connectivity index (χ4v) is 2.88. The molecule has 1 aliphatic heterocycles. The molecular formula is C15H21Cl2NO2. The first-order chi connectivity index (χ1) is 9.70. The average molecular weight is 318 g/mol. The van der Waals surface area contributed by atoms with Crippen molar-refractivity contribution in [3.63, 3.8) is 0 Å². The highest BCUT2D eigenvalue weighted by molar-refractivity contribution is 6.37. The van der Waals surface area contributed by atoms with Gasteiger partial charge in [-0.1, -0.05) is 30.1 Å². The molecule has 1 N–H and O–H groups in total. The first kappa shape index (κ1) is 15.9.